The molecule has 2 aromatic rings. The number of rotatable bonds is 8. The van der Waals surface area contributed by atoms with Crippen molar-refractivity contribution in [2.24, 2.45) is 0 Å². The Hall–Kier alpha value is -2.93. The average Bonchev–Trinajstić information content (AvgIpc) is 3.16. The van der Waals surface area contributed by atoms with Crippen molar-refractivity contribution < 1.29 is 19.2 Å². The summed E-state index contributed by atoms with van der Waals surface area (Å²) >= 11 is 1.26. The third-order valence-electron chi connectivity index (χ3n) is 5.61. The highest BCUT2D eigenvalue weighted by atomic mass is 32.2. The van der Waals surface area contributed by atoms with Crippen LogP contribution >= 0.6 is 11.8 Å². The van der Waals surface area contributed by atoms with E-state index in [-0.39, 0.29) is 23.6 Å². The highest BCUT2D eigenvalue weighted by Crippen LogP contribution is 2.40. The molecule has 0 spiro atoms. The van der Waals surface area contributed by atoms with E-state index in [0.29, 0.717) is 45.1 Å². The van der Waals surface area contributed by atoms with Gasteiger partial charge < -0.3 is 0 Å². The second kappa shape index (κ2) is 8.67. The van der Waals surface area contributed by atoms with Gasteiger partial charge in [-0.3, -0.25) is 29.0 Å². The molecule has 0 saturated carbocycles. The lowest BCUT2D eigenvalue weighted by Gasteiger charge is -2.13. The molecule has 0 N–H and O–H groups in total. The Kier molecular flexibility index (Phi) is 5.96. The number of amides is 4. The predicted octanol–water partition coefficient (Wildman–Crippen LogP) is 4.63. The Morgan fingerprint density at radius 3 is 1.45 bits per heavy atom. The second-order valence-corrected chi connectivity index (χ2v) is 8.77. The lowest BCUT2D eigenvalue weighted by atomic mass is 10.1. The van der Waals surface area contributed by atoms with Crippen molar-refractivity contribution in [1.29, 1.82) is 0 Å². The molecule has 0 atom stereocenters. The third kappa shape index (κ3) is 3.57. The monoisotopic (exact) mass is 436 g/mol. The molecular formula is C24H24N2O4S. The fourth-order valence-electron chi connectivity index (χ4n) is 3.93. The summed E-state index contributed by atoms with van der Waals surface area (Å²) in [5.74, 6) is -1.13. The predicted molar refractivity (Wildman–Crippen MR) is 118 cm³/mol. The zero-order valence-corrected chi connectivity index (χ0v) is 18.5. The largest absolute Gasteiger partial charge is 0.274 e. The van der Waals surface area contributed by atoms with Gasteiger partial charge in [0.05, 0.1) is 22.3 Å². The van der Waals surface area contributed by atoms with E-state index in [4.69, 9.17) is 0 Å². The molecular weight excluding hydrogens is 412 g/mol. The molecule has 0 radical (unpaired) electrons. The van der Waals surface area contributed by atoms with Crippen LogP contribution in [0.3, 0.4) is 0 Å². The molecule has 0 fully saturated rings. The summed E-state index contributed by atoms with van der Waals surface area (Å²) in [5, 5.41) is 0. The molecule has 0 saturated heterocycles. The third-order valence-corrected chi connectivity index (χ3v) is 6.73. The van der Waals surface area contributed by atoms with Crippen molar-refractivity contribution in [3.05, 3.63) is 58.7 Å². The van der Waals surface area contributed by atoms with Gasteiger partial charge in [-0.2, -0.15) is 0 Å². The number of unbranched alkanes of at least 4 members (excludes halogenated alkanes) is 2. The normalized spacial score (nSPS) is 15.2. The molecule has 2 aliphatic rings. The van der Waals surface area contributed by atoms with Gasteiger partial charge in [-0.05, 0) is 37.1 Å². The summed E-state index contributed by atoms with van der Waals surface area (Å²) in [6, 6.07) is 10.4. The molecule has 2 aromatic carbocycles. The number of carbonyl (C=O) groups is 4. The molecule has 0 aliphatic carbocycles. The van der Waals surface area contributed by atoms with E-state index in [2.05, 4.69) is 0 Å². The number of fused-ring (bicyclic) bond motifs is 2. The van der Waals surface area contributed by atoms with E-state index in [1.165, 1.54) is 21.6 Å². The van der Waals surface area contributed by atoms with E-state index >= 15 is 0 Å². The number of benzene rings is 2. The molecule has 7 heteroatoms. The summed E-state index contributed by atoms with van der Waals surface area (Å²) in [7, 11) is 0. The summed E-state index contributed by atoms with van der Waals surface area (Å²) in [6.45, 7) is 4.81. The Morgan fingerprint density at radius 2 is 1.06 bits per heavy atom. The molecule has 6 nitrogen and oxygen atoms in total. The van der Waals surface area contributed by atoms with Gasteiger partial charge in [0, 0.05) is 22.9 Å². The lowest BCUT2D eigenvalue weighted by molar-refractivity contribution is 0.0636. The Balaban J connectivity index is 1.69. The Morgan fingerprint density at radius 1 is 0.645 bits per heavy atom. The fourth-order valence-corrected chi connectivity index (χ4v) is 5.06. The minimum Gasteiger partial charge on any atom is -0.274 e. The van der Waals surface area contributed by atoms with Crippen LogP contribution in [0.25, 0.3) is 0 Å². The van der Waals surface area contributed by atoms with E-state index in [1.807, 2.05) is 13.8 Å². The van der Waals surface area contributed by atoms with Gasteiger partial charge in [0.2, 0.25) is 0 Å². The van der Waals surface area contributed by atoms with E-state index in [9.17, 15) is 19.2 Å². The van der Waals surface area contributed by atoms with Crippen molar-refractivity contribution in [3.63, 3.8) is 0 Å². The maximum absolute atomic E-state index is 13.0. The number of imide groups is 2. The molecule has 4 rings (SSSR count). The van der Waals surface area contributed by atoms with Crippen LogP contribution in [0.5, 0.6) is 0 Å². The van der Waals surface area contributed by atoms with Crippen molar-refractivity contribution >= 4 is 35.4 Å². The van der Waals surface area contributed by atoms with Crippen molar-refractivity contribution in [3.8, 4) is 0 Å². The zero-order chi connectivity index (χ0) is 22.1. The molecule has 31 heavy (non-hydrogen) atoms. The average molecular weight is 437 g/mol. The quantitative estimate of drug-likeness (QED) is 0.564. The van der Waals surface area contributed by atoms with Gasteiger partial charge in [-0.15, -0.1) is 0 Å². The van der Waals surface area contributed by atoms with Gasteiger partial charge in [0.25, 0.3) is 23.6 Å². The minimum atomic E-state index is -0.295. The highest BCUT2D eigenvalue weighted by Gasteiger charge is 2.39. The number of hydrogen-bond acceptors (Lipinski definition) is 5. The number of carbonyl (C=O) groups excluding carboxylic acids is 4. The molecule has 2 aliphatic heterocycles. The van der Waals surface area contributed by atoms with Gasteiger partial charge in [0.15, 0.2) is 0 Å². The van der Waals surface area contributed by atoms with Gasteiger partial charge in [-0.1, -0.05) is 50.6 Å². The SMILES string of the molecule is CCCCN1C(=O)c2cccc(Sc3cccc4c3C(=O)N(CCCC)C4=O)c2C1=O. The molecule has 0 aromatic heterocycles. The van der Waals surface area contributed by atoms with Crippen molar-refractivity contribution in [2.75, 3.05) is 13.1 Å². The first-order valence-electron chi connectivity index (χ1n) is 10.7. The molecule has 160 valence electrons. The van der Waals surface area contributed by atoms with Gasteiger partial charge in [-0.25, -0.2) is 0 Å². The van der Waals surface area contributed by atoms with Crippen LogP contribution in [0, 0.1) is 0 Å². The molecule has 0 unspecified atom stereocenters. The Labute approximate surface area is 185 Å². The fraction of sp³-hybridized carbons (Fsp3) is 0.333. The zero-order valence-electron chi connectivity index (χ0n) is 17.6. The first kappa shape index (κ1) is 21.3. The van der Waals surface area contributed by atoms with Gasteiger partial charge >= 0.3 is 0 Å². The second-order valence-electron chi connectivity index (χ2n) is 7.69. The maximum Gasteiger partial charge on any atom is 0.262 e. The van der Waals surface area contributed by atoms with Crippen LogP contribution in [0.2, 0.25) is 0 Å². The summed E-state index contributed by atoms with van der Waals surface area (Å²) in [6.07, 6.45) is 3.28. The summed E-state index contributed by atoms with van der Waals surface area (Å²) in [4.78, 5) is 55.3. The number of hydrogen-bond donors (Lipinski definition) is 0. The van der Waals surface area contributed by atoms with E-state index in [1.54, 1.807) is 36.4 Å². The van der Waals surface area contributed by atoms with Crippen molar-refractivity contribution in [1.82, 2.24) is 9.80 Å². The smallest absolute Gasteiger partial charge is 0.262 e. The van der Waals surface area contributed by atoms with Crippen LogP contribution in [0.4, 0.5) is 0 Å². The standard InChI is InChI=1S/C24H24N2O4S/c1-3-5-13-25-21(27)15-9-7-11-17(19(15)23(25)29)31-18-12-8-10-16-20(18)24(30)26(22(16)28)14-6-4-2/h7-12H,3-6,13-14H2,1-2H3. The first-order valence-corrected chi connectivity index (χ1v) is 11.5. The topological polar surface area (TPSA) is 74.8 Å². The minimum absolute atomic E-state index is 0.272. The lowest BCUT2D eigenvalue weighted by Crippen LogP contribution is -2.30. The summed E-state index contributed by atoms with van der Waals surface area (Å²) < 4.78 is 0. The summed E-state index contributed by atoms with van der Waals surface area (Å²) in [5.41, 5.74) is 1.55. The highest BCUT2D eigenvalue weighted by molar-refractivity contribution is 7.99. The maximum atomic E-state index is 13.0. The van der Waals surface area contributed by atoms with E-state index < -0.39 is 0 Å². The van der Waals surface area contributed by atoms with Crippen molar-refractivity contribution in [2.45, 2.75) is 49.3 Å². The molecule has 4 amide bonds. The first-order chi connectivity index (χ1) is 15.0. The molecule has 0 bridgehead atoms. The van der Waals surface area contributed by atoms with Crippen LogP contribution in [-0.2, 0) is 0 Å². The Bertz CT molecular complexity index is 1010. The van der Waals surface area contributed by atoms with Crippen LogP contribution in [-0.4, -0.2) is 46.5 Å². The van der Waals surface area contributed by atoms with Crippen LogP contribution in [0.1, 0.15) is 81.0 Å². The number of nitrogens with zero attached hydrogens (tertiary/aromatic N) is 2. The molecule has 2 heterocycles. The van der Waals surface area contributed by atoms with Crippen LogP contribution in [0.15, 0.2) is 46.2 Å². The van der Waals surface area contributed by atoms with Crippen LogP contribution < -0.4 is 0 Å². The van der Waals surface area contributed by atoms with E-state index in [0.717, 1.165) is 25.7 Å². The van der Waals surface area contributed by atoms with Gasteiger partial charge in [0.1, 0.15) is 0 Å².